The zero-order valence-corrected chi connectivity index (χ0v) is 15.6. The van der Waals surface area contributed by atoms with Gasteiger partial charge in [0.05, 0.1) is 0 Å². The minimum atomic E-state index is -0.347. The van der Waals surface area contributed by atoms with E-state index in [9.17, 15) is 9.59 Å². The Labute approximate surface area is 149 Å². The van der Waals surface area contributed by atoms with Crippen LogP contribution in [0, 0.1) is 20.8 Å². The first-order valence-corrected chi connectivity index (χ1v) is 8.62. The van der Waals surface area contributed by atoms with Crippen molar-refractivity contribution in [2.45, 2.75) is 34.2 Å². The minimum absolute atomic E-state index is 0.310. The van der Waals surface area contributed by atoms with Gasteiger partial charge in [0.15, 0.2) is 11.2 Å². The topological polar surface area (TPSA) is 66.2 Å². The van der Waals surface area contributed by atoms with Crippen LogP contribution in [0.15, 0.2) is 34.0 Å². The Bertz CT molecular complexity index is 1280. The largest absolute Gasteiger partial charge is 0.332 e. The summed E-state index contributed by atoms with van der Waals surface area (Å²) in [4.78, 5) is 29.9. The molecular formula is C19H21N5O2. The van der Waals surface area contributed by atoms with Crippen molar-refractivity contribution in [2.24, 2.45) is 7.05 Å². The number of rotatable bonds is 2. The molecule has 4 rings (SSSR count). The van der Waals surface area contributed by atoms with Gasteiger partial charge in [-0.25, -0.2) is 4.79 Å². The molecule has 3 aromatic heterocycles. The van der Waals surface area contributed by atoms with E-state index in [-0.39, 0.29) is 11.2 Å². The summed E-state index contributed by atoms with van der Waals surface area (Å²) in [5.41, 5.74) is 4.44. The second kappa shape index (κ2) is 5.45. The molecule has 0 saturated heterocycles. The van der Waals surface area contributed by atoms with Crippen LogP contribution < -0.4 is 11.2 Å². The highest BCUT2D eigenvalue weighted by molar-refractivity contribution is 5.76. The van der Waals surface area contributed by atoms with Crippen LogP contribution in [0.25, 0.3) is 22.6 Å². The first kappa shape index (κ1) is 16.4. The summed E-state index contributed by atoms with van der Waals surface area (Å²) < 4.78 is 6.48. The summed E-state index contributed by atoms with van der Waals surface area (Å²) in [6, 6.07) is 6.29. The van der Waals surface area contributed by atoms with Crippen molar-refractivity contribution in [3.05, 3.63) is 62.1 Å². The molecule has 0 aliphatic heterocycles. The first-order valence-electron chi connectivity index (χ1n) is 8.62. The normalized spacial score (nSPS) is 11.7. The Morgan fingerprint density at radius 2 is 1.69 bits per heavy atom. The van der Waals surface area contributed by atoms with Crippen molar-refractivity contribution < 1.29 is 0 Å². The molecule has 7 heteroatoms. The Balaban J connectivity index is 2.18. The van der Waals surface area contributed by atoms with Gasteiger partial charge in [0.2, 0.25) is 5.78 Å². The van der Waals surface area contributed by atoms with Crippen molar-refractivity contribution in [1.82, 2.24) is 23.1 Å². The molecule has 0 bridgehead atoms. The number of benzene rings is 1. The van der Waals surface area contributed by atoms with E-state index in [1.807, 2.05) is 17.7 Å². The van der Waals surface area contributed by atoms with Crippen molar-refractivity contribution in [1.29, 1.82) is 0 Å². The van der Waals surface area contributed by atoms with Crippen LogP contribution >= 0.6 is 0 Å². The number of fused-ring (bicyclic) bond motifs is 3. The molecule has 0 atom stereocenters. The van der Waals surface area contributed by atoms with E-state index in [1.165, 1.54) is 9.13 Å². The van der Waals surface area contributed by atoms with Gasteiger partial charge in [-0.05, 0) is 51.0 Å². The second-order valence-corrected chi connectivity index (χ2v) is 6.80. The average molecular weight is 351 g/mol. The molecule has 3 heterocycles. The molecule has 4 aromatic rings. The standard InChI is InChI=1S/C19H21N5O2/c1-6-22-17(25)15-16(21(5)19(22)26)20-18-23(15)10-13(4)24(18)14-8-11(2)7-12(3)9-14/h7-10H,6H2,1-5H3. The molecule has 0 radical (unpaired) electrons. The smallest absolute Gasteiger partial charge is 0.283 e. The number of hydrogen-bond donors (Lipinski definition) is 0. The fraction of sp³-hybridized carbons (Fsp3) is 0.316. The van der Waals surface area contributed by atoms with Gasteiger partial charge in [-0.3, -0.25) is 22.9 Å². The molecule has 0 unspecified atom stereocenters. The summed E-state index contributed by atoms with van der Waals surface area (Å²) in [6.45, 7) is 8.21. The molecule has 0 N–H and O–H groups in total. The third-order valence-electron chi connectivity index (χ3n) is 4.81. The lowest BCUT2D eigenvalue weighted by atomic mass is 10.1. The highest BCUT2D eigenvalue weighted by Gasteiger charge is 2.20. The molecule has 0 aliphatic carbocycles. The maximum atomic E-state index is 12.9. The van der Waals surface area contributed by atoms with Crippen LogP contribution in [0.4, 0.5) is 0 Å². The quantitative estimate of drug-likeness (QED) is 0.555. The maximum Gasteiger partial charge on any atom is 0.332 e. The molecule has 0 saturated carbocycles. The summed E-state index contributed by atoms with van der Waals surface area (Å²) >= 11 is 0. The van der Waals surface area contributed by atoms with E-state index in [0.717, 1.165) is 22.5 Å². The van der Waals surface area contributed by atoms with Gasteiger partial charge in [-0.15, -0.1) is 0 Å². The fourth-order valence-electron chi connectivity index (χ4n) is 3.69. The van der Waals surface area contributed by atoms with Crippen molar-refractivity contribution in [3.63, 3.8) is 0 Å². The van der Waals surface area contributed by atoms with Gasteiger partial charge in [0.25, 0.3) is 5.56 Å². The summed E-state index contributed by atoms with van der Waals surface area (Å²) in [5, 5.41) is 0. The minimum Gasteiger partial charge on any atom is -0.283 e. The van der Waals surface area contributed by atoms with Gasteiger partial charge in [0, 0.05) is 31.2 Å². The lowest BCUT2D eigenvalue weighted by Crippen LogP contribution is -2.38. The van der Waals surface area contributed by atoms with Crippen molar-refractivity contribution >= 4 is 16.9 Å². The SMILES string of the molecule is CCn1c(=O)c2c(nc3n(-c4cc(C)cc(C)c4)c(C)cn23)n(C)c1=O. The lowest BCUT2D eigenvalue weighted by molar-refractivity contribution is 0.637. The van der Waals surface area contributed by atoms with Crippen LogP contribution in [-0.4, -0.2) is 23.1 Å². The van der Waals surface area contributed by atoms with E-state index < -0.39 is 0 Å². The highest BCUT2D eigenvalue weighted by atomic mass is 16.2. The van der Waals surface area contributed by atoms with E-state index in [2.05, 4.69) is 37.0 Å². The Morgan fingerprint density at radius 1 is 1.04 bits per heavy atom. The highest BCUT2D eigenvalue weighted by Crippen LogP contribution is 2.22. The number of aryl methyl sites for hydroxylation is 4. The monoisotopic (exact) mass is 351 g/mol. The molecule has 134 valence electrons. The van der Waals surface area contributed by atoms with E-state index in [4.69, 9.17) is 0 Å². The predicted molar refractivity (Wildman–Crippen MR) is 101 cm³/mol. The lowest BCUT2D eigenvalue weighted by Gasteiger charge is -2.08. The summed E-state index contributed by atoms with van der Waals surface area (Å²) in [6.07, 6.45) is 1.90. The van der Waals surface area contributed by atoms with E-state index in [0.29, 0.717) is 23.5 Å². The third kappa shape index (κ3) is 2.09. The average Bonchev–Trinajstić information content (AvgIpc) is 3.06. The zero-order valence-electron chi connectivity index (χ0n) is 15.6. The van der Waals surface area contributed by atoms with Gasteiger partial charge < -0.3 is 0 Å². The summed E-state index contributed by atoms with van der Waals surface area (Å²) in [5.74, 6) is 0.628. The number of imidazole rings is 2. The molecule has 0 spiro atoms. The van der Waals surface area contributed by atoms with E-state index in [1.54, 1.807) is 18.4 Å². The van der Waals surface area contributed by atoms with Gasteiger partial charge in [-0.2, -0.15) is 4.98 Å². The van der Waals surface area contributed by atoms with Gasteiger partial charge in [-0.1, -0.05) is 6.07 Å². The molecular weight excluding hydrogens is 330 g/mol. The number of hydrogen-bond acceptors (Lipinski definition) is 3. The second-order valence-electron chi connectivity index (χ2n) is 6.80. The van der Waals surface area contributed by atoms with Gasteiger partial charge in [0.1, 0.15) is 0 Å². The molecule has 26 heavy (non-hydrogen) atoms. The maximum absolute atomic E-state index is 12.9. The zero-order chi connectivity index (χ0) is 18.7. The van der Waals surface area contributed by atoms with Crippen LogP contribution in [0.2, 0.25) is 0 Å². The van der Waals surface area contributed by atoms with Crippen LogP contribution in [-0.2, 0) is 13.6 Å². The Hall–Kier alpha value is -3.09. The molecule has 0 fully saturated rings. The van der Waals surface area contributed by atoms with Crippen molar-refractivity contribution in [2.75, 3.05) is 0 Å². The van der Waals surface area contributed by atoms with Crippen LogP contribution in [0.1, 0.15) is 23.7 Å². The van der Waals surface area contributed by atoms with E-state index >= 15 is 0 Å². The van der Waals surface area contributed by atoms with Gasteiger partial charge >= 0.3 is 5.69 Å². The third-order valence-corrected chi connectivity index (χ3v) is 4.81. The Morgan fingerprint density at radius 3 is 2.31 bits per heavy atom. The molecule has 1 aromatic carbocycles. The van der Waals surface area contributed by atoms with Crippen molar-refractivity contribution in [3.8, 4) is 5.69 Å². The fourth-order valence-corrected chi connectivity index (χ4v) is 3.69. The molecule has 0 amide bonds. The molecule has 0 aliphatic rings. The van der Waals surface area contributed by atoms with Crippen LogP contribution in [0.3, 0.4) is 0 Å². The first-order chi connectivity index (χ1) is 12.3. The Kier molecular flexibility index (Phi) is 3.44. The van der Waals surface area contributed by atoms with Crippen LogP contribution in [0.5, 0.6) is 0 Å². The summed E-state index contributed by atoms with van der Waals surface area (Å²) in [7, 11) is 1.65. The molecule has 7 nitrogen and oxygen atoms in total. The number of aromatic nitrogens is 5. The number of nitrogens with zero attached hydrogens (tertiary/aromatic N) is 5. The predicted octanol–water partition coefficient (Wildman–Crippen LogP) is 2.08.